The van der Waals surface area contributed by atoms with Crippen LogP contribution in [0.4, 0.5) is 0 Å². The molecule has 0 aromatic heterocycles. The van der Waals surface area contributed by atoms with Crippen LogP contribution >= 0.6 is 12.2 Å². The highest BCUT2D eigenvalue weighted by Crippen LogP contribution is 2.07. The van der Waals surface area contributed by atoms with E-state index >= 15 is 0 Å². The van der Waals surface area contributed by atoms with Crippen LogP contribution in [-0.4, -0.2) is 35.6 Å². The fourth-order valence-electron chi connectivity index (χ4n) is 1.17. The first-order chi connectivity index (χ1) is 4.61. The van der Waals surface area contributed by atoms with Crippen LogP contribution in [0.3, 0.4) is 0 Å². The largest absolute Gasteiger partial charge is 0.291 e. The van der Waals surface area contributed by atoms with Crippen molar-refractivity contribution in [3.63, 3.8) is 0 Å². The molecule has 1 rings (SSSR count). The molecule has 3 nitrogen and oxygen atoms in total. The Labute approximate surface area is 66.9 Å². The molecule has 1 fully saturated rings. The van der Waals surface area contributed by atoms with Crippen LogP contribution in [-0.2, 0) is 0 Å². The van der Waals surface area contributed by atoms with Crippen molar-refractivity contribution in [3.05, 3.63) is 0 Å². The summed E-state index contributed by atoms with van der Waals surface area (Å²) < 4.78 is 0. The van der Waals surface area contributed by atoms with Gasteiger partial charge in [-0.05, 0) is 0 Å². The molecule has 1 aliphatic heterocycles. The Morgan fingerprint density at radius 2 is 2.20 bits per heavy atom. The summed E-state index contributed by atoms with van der Waals surface area (Å²) in [4.78, 5) is 0.984. The van der Waals surface area contributed by atoms with Gasteiger partial charge in [-0.3, -0.25) is 5.01 Å². The first kappa shape index (κ1) is 7.91. The fraction of sp³-hybridized carbons (Fsp3) is 0.833. The van der Waals surface area contributed by atoms with Gasteiger partial charge in [-0.25, -0.2) is 5.01 Å². The zero-order chi connectivity index (χ0) is 7.72. The Hall–Kier alpha value is -0.190. The molecule has 1 unspecified atom stereocenters. The molecule has 0 bridgehead atoms. The molecule has 58 valence electrons. The van der Waals surface area contributed by atoms with Crippen molar-refractivity contribution in [2.75, 3.05) is 20.6 Å². The quantitative estimate of drug-likeness (QED) is 0.510. The fourth-order valence-corrected chi connectivity index (χ4v) is 1.28. The van der Waals surface area contributed by atoms with Crippen molar-refractivity contribution < 1.29 is 0 Å². The highest BCUT2D eigenvalue weighted by Gasteiger charge is 2.21. The van der Waals surface area contributed by atoms with Crippen LogP contribution in [0.2, 0.25) is 0 Å². The molecule has 0 aromatic rings. The molecule has 1 N–H and O–H groups in total. The van der Waals surface area contributed by atoms with Crippen LogP contribution in [0.1, 0.15) is 6.92 Å². The number of hydrogen-bond donors (Lipinski definition) is 1. The first-order valence-corrected chi connectivity index (χ1v) is 3.77. The van der Waals surface area contributed by atoms with Crippen molar-refractivity contribution in [2.24, 2.45) is 5.92 Å². The SMILES string of the molecule is CC1CN(C)NN(C)C1=S. The zero-order valence-corrected chi connectivity index (χ0v) is 7.40. The summed E-state index contributed by atoms with van der Waals surface area (Å²) in [5.74, 6) is 0.478. The summed E-state index contributed by atoms with van der Waals surface area (Å²) >= 11 is 5.14. The summed E-state index contributed by atoms with van der Waals surface area (Å²) in [5, 5.41) is 3.91. The predicted molar refractivity (Wildman–Crippen MR) is 45.3 cm³/mol. The zero-order valence-electron chi connectivity index (χ0n) is 6.59. The predicted octanol–water partition coefficient (Wildman–Crippen LogP) is 0.247. The lowest BCUT2D eigenvalue weighted by atomic mass is 10.1. The van der Waals surface area contributed by atoms with E-state index in [9.17, 15) is 0 Å². The number of hydrogen-bond acceptors (Lipinski definition) is 3. The maximum absolute atomic E-state index is 5.14. The second kappa shape index (κ2) is 2.82. The second-order valence-corrected chi connectivity index (χ2v) is 3.20. The smallest absolute Gasteiger partial charge is 0.0972 e. The molecule has 0 aromatic carbocycles. The molecule has 1 heterocycles. The molecule has 0 radical (unpaired) electrons. The lowest BCUT2D eigenvalue weighted by Crippen LogP contribution is -2.57. The molecule has 0 spiro atoms. The average Bonchev–Trinajstić information content (AvgIpc) is 1.82. The molecular weight excluding hydrogens is 146 g/mol. The van der Waals surface area contributed by atoms with Gasteiger partial charge in [-0.2, -0.15) is 5.53 Å². The Morgan fingerprint density at radius 3 is 2.70 bits per heavy atom. The third-order valence-electron chi connectivity index (χ3n) is 1.62. The first-order valence-electron chi connectivity index (χ1n) is 3.36. The van der Waals surface area contributed by atoms with Crippen molar-refractivity contribution in [1.29, 1.82) is 0 Å². The Balaban J connectivity index is 2.57. The summed E-state index contributed by atoms with van der Waals surface area (Å²) in [5.41, 5.74) is 3.08. The van der Waals surface area contributed by atoms with Crippen LogP contribution in [0.15, 0.2) is 0 Å². The van der Waals surface area contributed by atoms with E-state index in [1.807, 2.05) is 24.1 Å². The van der Waals surface area contributed by atoms with Gasteiger partial charge < -0.3 is 0 Å². The molecule has 1 atom stereocenters. The lowest BCUT2D eigenvalue weighted by Gasteiger charge is -2.36. The molecule has 0 amide bonds. The molecule has 1 aliphatic rings. The number of thiocarbonyl (C=S) groups is 1. The number of nitrogens with zero attached hydrogens (tertiary/aromatic N) is 2. The van der Waals surface area contributed by atoms with E-state index in [0.717, 1.165) is 11.5 Å². The maximum atomic E-state index is 5.14. The summed E-state index contributed by atoms with van der Waals surface area (Å²) in [6.07, 6.45) is 0. The number of nitrogens with one attached hydrogen (secondary N) is 1. The third kappa shape index (κ3) is 1.45. The van der Waals surface area contributed by atoms with Crippen LogP contribution < -0.4 is 5.53 Å². The molecule has 0 aliphatic carbocycles. The van der Waals surface area contributed by atoms with Gasteiger partial charge in [0.25, 0.3) is 0 Å². The molecular formula is C6H13N3S. The summed E-state index contributed by atoms with van der Waals surface area (Å²) in [7, 11) is 3.95. The Morgan fingerprint density at radius 1 is 1.60 bits per heavy atom. The van der Waals surface area contributed by atoms with Crippen LogP contribution in [0, 0.1) is 5.92 Å². The number of hydrazine groups is 2. The van der Waals surface area contributed by atoms with E-state index in [2.05, 4.69) is 12.5 Å². The van der Waals surface area contributed by atoms with Crippen molar-refractivity contribution in [3.8, 4) is 0 Å². The minimum atomic E-state index is 0.478. The highest BCUT2D eigenvalue weighted by atomic mass is 32.1. The minimum Gasteiger partial charge on any atom is -0.291 e. The lowest BCUT2D eigenvalue weighted by molar-refractivity contribution is 0.0824. The maximum Gasteiger partial charge on any atom is 0.0972 e. The third-order valence-corrected chi connectivity index (χ3v) is 2.30. The monoisotopic (exact) mass is 159 g/mol. The van der Waals surface area contributed by atoms with E-state index in [-0.39, 0.29) is 0 Å². The van der Waals surface area contributed by atoms with E-state index < -0.39 is 0 Å². The van der Waals surface area contributed by atoms with Gasteiger partial charge in [-0.1, -0.05) is 19.1 Å². The van der Waals surface area contributed by atoms with Gasteiger partial charge in [0.15, 0.2) is 0 Å². The van der Waals surface area contributed by atoms with Gasteiger partial charge in [0.05, 0.1) is 4.99 Å². The van der Waals surface area contributed by atoms with E-state index in [0.29, 0.717) is 5.92 Å². The van der Waals surface area contributed by atoms with Crippen molar-refractivity contribution in [1.82, 2.24) is 15.6 Å². The van der Waals surface area contributed by atoms with Gasteiger partial charge in [0.1, 0.15) is 0 Å². The molecule has 1 saturated heterocycles. The van der Waals surface area contributed by atoms with E-state index in [1.165, 1.54) is 0 Å². The molecule has 10 heavy (non-hydrogen) atoms. The summed E-state index contributed by atoms with van der Waals surface area (Å²) in [6, 6.07) is 0. The van der Waals surface area contributed by atoms with Crippen molar-refractivity contribution >= 4 is 17.2 Å². The van der Waals surface area contributed by atoms with Gasteiger partial charge in [-0.15, -0.1) is 0 Å². The normalized spacial score (nSPS) is 29.3. The Bertz CT molecular complexity index is 134. The van der Waals surface area contributed by atoms with Crippen molar-refractivity contribution in [2.45, 2.75) is 6.92 Å². The molecule has 0 saturated carbocycles. The second-order valence-electron chi connectivity index (χ2n) is 2.78. The van der Waals surface area contributed by atoms with Crippen LogP contribution in [0.25, 0.3) is 0 Å². The van der Waals surface area contributed by atoms with E-state index in [4.69, 9.17) is 12.2 Å². The topological polar surface area (TPSA) is 18.5 Å². The van der Waals surface area contributed by atoms with Gasteiger partial charge in [0.2, 0.25) is 0 Å². The average molecular weight is 159 g/mol. The number of rotatable bonds is 0. The van der Waals surface area contributed by atoms with E-state index in [1.54, 1.807) is 0 Å². The van der Waals surface area contributed by atoms with Gasteiger partial charge >= 0.3 is 0 Å². The van der Waals surface area contributed by atoms with Crippen LogP contribution in [0.5, 0.6) is 0 Å². The highest BCUT2D eigenvalue weighted by molar-refractivity contribution is 7.80. The minimum absolute atomic E-state index is 0.478. The molecule has 4 heteroatoms. The van der Waals surface area contributed by atoms with Gasteiger partial charge in [0, 0.05) is 26.6 Å². The summed E-state index contributed by atoms with van der Waals surface area (Å²) in [6.45, 7) is 3.12. The Kier molecular flexibility index (Phi) is 2.23. The standard InChI is InChI=1S/C6H13N3S/c1-5-4-8(2)7-9(3)6(5)10/h5,7H,4H2,1-3H3.